The quantitative estimate of drug-likeness (QED) is 0.585. The van der Waals surface area contributed by atoms with Gasteiger partial charge in [-0.3, -0.25) is 0 Å². The van der Waals surface area contributed by atoms with E-state index in [0.29, 0.717) is 5.75 Å². The standard InChI is InChI=1S/C15H16OS2/c1-6-9(4)18-15-11(6)8(3)14-12(13(15)16)7(2)10(5)17-14/h16H,1-5H3. The van der Waals surface area contributed by atoms with Crippen LogP contribution in [-0.4, -0.2) is 5.11 Å². The van der Waals surface area contributed by atoms with Crippen molar-refractivity contribution in [3.8, 4) is 5.75 Å². The third kappa shape index (κ3) is 1.32. The normalized spacial score (nSPS) is 11.8. The van der Waals surface area contributed by atoms with Crippen LogP contribution in [0.1, 0.15) is 26.4 Å². The van der Waals surface area contributed by atoms with E-state index in [0.717, 1.165) is 10.1 Å². The van der Waals surface area contributed by atoms with Crippen molar-refractivity contribution < 1.29 is 5.11 Å². The Bertz CT molecular complexity index is 722. The predicted molar refractivity (Wildman–Crippen MR) is 82.6 cm³/mol. The lowest BCUT2D eigenvalue weighted by atomic mass is 10.0. The molecule has 1 nitrogen and oxygen atoms in total. The lowest BCUT2D eigenvalue weighted by molar-refractivity contribution is 0.488. The fourth-order valence-corrected chi connectivity index (χ4v) is 4.99. The van der Waals surface area contributed by atoms with Crippen molar-refractivity contribution in [1.29, 1.82) is 0 Å². The third-order valence-corrected chi connectivity index (χ3v) is 6.48. The monoisotopic (exact) mass is 276 g/mol. The number of thiophene rings is 2. The summed E-state index contributed by atoms with van der Waals surface area (Å²) in [6.07, 6.45) is 0. The van der Waals surface area contributed by atoms with Crippen LogP contribution >= 0.6 is 22.7 Å². The summed E-state index contributed by atoms with van der Waals surface area (Å²) in [6.45, 7) is 10.7. The lowest BCUT2D eigenvalue weighted by Crippen LogP contribution is -1.81. The summed E-state index contributed by atoms with van der Waals surface area (Å²) in [6, 6.07) is 0. The molecule has 2 aromatic heterocycles. The van der Waals surface area contributed by atoms with Crippen molar-refractivity contribution in [2.45, 2.75) is 34.6 Å². The molecule has 0 fully saturated rings. The number of phenolic OH excluding ortho intramolecular Hbond substituents is 1. The molecule has 18 heavy (non-hydrogen) atoms. The largest absolute Gasteiger partial charge is 0.506 e. The fraction of sp³-hybridized carbons (Fsp3) is 0.333. The van der Waals surface area contributed by atoms with Gasteiger partial charge in [0.25, 0.3) is 0 Å². The zero-order chi connectivity index (χ0) is 13.2. The molecule has 94 valence electrons. The van der Waals surface area contributed by atoms with E-state index in [9.17, 15) is 5.11 Å². The Morgan fingerprint density at radius 2 is 1.17 bits per heavy atom. The number of fused-ring (bicyclic) bond motifs is 2. The van der Waals surface area contributed by atoms with Crippen molar-refractivity contribution in [3.63, 3.8) is 0 Å². The van der Waals surface area contributed by atoms with Gasteiger partial charge in [0.05, 0.1) is 4.70 Å². The Kier molecular flexibility index (Phi) is 2.48. The van der Waals surface area contributed by atoms with E-state index < -0.39 is 0 Å². The SMILES string of the molecule is Cc1sc2c(O)c3c(C)c(C)sc3c(C)c2c1C. The second kappa shape index (κ2) is 3.72. The molecule has 0 amide bonds. The average Bonchev–Trinajstić information content (AvgIpc) is 2.78. The van der Waals surface area contributed by atoms with E-state index in [1.807, 2.05) is 0 Å². The van der Waals surface area contributed by atoms with Gasteiger partial charge in [-0.15, -0.1) is 22.7 Å². The van der Waals surface area contributed by atoms with E-state index in [4.69, 9.17) is 0 Å². The van der Waals surface area contributed by atoms with Gasteiger partial charge in [-0.1, -0.05) is 0 Å². The summed E-state index contributed by atoms with van der Waals surface area (Å²) in [4.78, 5) is 2.60. The first-order chi connectivity index (χ1) is 8.43. The van der Waals surface area contributed by atoms with Gasteiger partial charge in [0.1, 0.15) is 5.75 Å². The topological polar surface area (TPSA) is 20.2 Å². The third-order valence-electron chi connectivity index (χ3n) is 3.94. The highest BCUT2D eigenvalue weighted by atomic mass is 32.1. The zero-order valence-corrected chi connectivity index (χ0v) is 12.9. The number of hydrogen-bond acceptors (Lipinski definition) is 3. The Balaban J connectivity index is 2.69. The Morgan fingerprint density at radius 1 is 0.667 bits per heavy atom. The van der Waals surface area contributed by atoms with Crippen LogP contribution in [0.2, 0.25) is 0 Å². The van der Waals surface area contributed by atoms with Crippen LogP contribution in [0.5, 0.6) is 5.75 Å². The fourth-order valence-electron chi connectivity index (χ4n) is 2.65. The smallest absolute Gasteiger partial charge is 0.142 e. The minimum atomic E-state index is 0.480. The molecule has 2 heterocycles. The zero-order valence-electron chi connectivity index (χ0n) is 11.3. The summed E-state index contributed by atoms with van der Waals surface area (Å²) < 4.78 is 2.30. The summed E-state index contributed by atoms with van der Waals surface area (Å²) >= 11 is 3.50. The van der Waals surface area contributed by atoms with Crippen LogP contribution in [0.25, 0.3) is 20.2 Å². The first-order valence-corrected chi connectivity index (χ1v) is 7.67. The molecular weight excluding hydrogens is 260 g/mol. The van der Waals surface area contributed by atoms with Gasteiger partial charge in [-0.2, -0.15) is 0 Å². The van der Waals surface area contributed by atoms with Gasteiger partial charge in [0.15, 0.2) is 0 Å². The highest BCUT2D eigenvalue weighted by Gasteiger charge is 2.19. The predicted octanol–water partition coefficient (Wildman–Crippen LogP) is 5.36. The van der Waals surface area contributed by atoms with E-state index in [1.54, 1.807) is 22.7 Å². The summed E-state index contributed by atoms with van der Waals surface area (Å²) in [5.74, 6) is 0.480. The van der Waals surface area contributed by atoms with E-state index in [2.05, 4.69) is 34.6 Å². The maximum Gasteiger partial charge on any atom is 0.142 e. The molecule has 3 heteroatoms. The number of aromatic hydroxyl groups is 1. The molecule has 0 aliphatic carbocycles. The summed E-state index contributed by atoms with van der Waals surface area (Å²) in [5.41, 5.74) is 3.86. The Hall–Kier alpha value is -1.06. The maximum absolute atomic E-state index is 10.6. The highest BCUT2D eigenvalue weighted by molar-refractivity contribution is 7.21. The molecule has 1 aromatic carbocycles. The summed E-state index contributed by atoms with van der Waals surface area (Å²) in [7, 11) is 0. The number of benzene rings is 1. The van der Waals surface area contributed by atoms with E-state index >= 15 is 0 Å². The molecular formula is C15H16OS2. The minimum Gasteiger partial charge on any atom is -0.506 e. The second-order valence-electron chi connectivity index (χ2n) is 4.95. The number of phenols is 1. The summed E-state index contributed by atoms with van der Waals surface area (Å²) in [5, 5.41) is 12.9. The van der Waals surface area contributed by atoms with E-state index in [1.165, 1.54) is 36.5 Å². The van der Waals surface area contributed by atoms with Crippen molar-refractivity contribution in [3.05, 3.63) is 26.4 Å². The maximum atomic E-state index is 10.6. The lowest BCUT2D eigenvalue weighted by Gasteiger charge is -2.05. The van der Waals surface area contributed by atoms with Crippen LogP contribution < -0.4 is 0 Å². The van der Waals surface area contributed by atoms with E-state index in [-0.39, 0.29) is 0 Å². The van der Waals surface area contributed by atoms with Crippen molar-refractivity contribution >= 4 is 42.8 Å². The molecule has 0 spiro atoms. The molecule has 0 saturated heterocycles. The average molecular weight is 276 g/mol. The van der Waals surface area contributed by atoms with Gasteiger partial charge in [0, 0.05) is 25.2 Å². The molecule has 0 bridgehead atoms. The minimum absolute atomic E-state index is 0.480. The van der Waals surface area contributed by atoms with Crippen molar-refractivity contribution in [2.75, 3.05) is 0 Å². The van der Waals surface area contributed by atoms with Gasteiger partial charge in [-0.05, 0) is 51.3 Å². The molecule has 0 saturated carbocycles. The van der Waals surface area contributed by atoms with Crippen LogP contribution in [0.15, 0.2) is 0 Å². The number of aryl methyl sites for hydroxylation is 5. The van der Waals surface area contributed by atoms with Crippen LogP contribution in [0.4, 0.5) is 0 Å². The Labute approximate surface area is 115 Å². The highest BCUT2D eigenvalue weighted by Crippen LogP contribution is 2.47. The second-order valence-corrected chi connectivity index (χ2v) is 7.40. The van der Waals surface area contributed by atoms with Gasteiger partial charge < -0.3 is 5.11 Å². The molecule has 0 unspecified atom stereocenters. The molecule has 0 radical (unpaired) electrons. The number of hydrogen-bond donors (Lipinski definition) is 1. The van der Waals surface area contributed by atoms with Crippen LogP contribution in [0, 0.1) is 34.6 Å². The van der Waals surface area contributed by atoms with Gasteiger partial charge in [-0.25, -0.2) is 0 Å². The van der Waals surface area contributed by atoms with Gasteiger partial charge >= 0.3 is 0 Å². The van der Waals surface area contributed by atoms with Gasteiger partial charge in [0.2, 0.25) is 0 Å². The first kappa shape index (κ1) is 12.0. The first-order valence-electron chi connectivity index (χ1n) is 6.04. The molecule has 1 N–H and O–H groups in total. The Morgan fingerprint density at radius 3 is 1.78 bits per heavy atom. The van der Waals surface area contributed by atoms with Crippen LogP contribution in [0.3, 0.4) is 0 Å². The molecule has 3 aromatic rings. The molecule has 0 aliphatic rings. The number of rotatable bonds is 0. The van der Waals surface area contributed by atoms with Crippen molar-refractivity contribution in [2.24, 2.45) is 0 Å². The molecule has 3 rings (SSSR count). The van der Waals surface area contributed by atoms with Crippen LogP contribution in [-0.2, 0) is 0 Å². The van der Waals surface area contributed by atoms with Crippen molar-refractivity contribution in [1.82, 2.24) is 0 Å². The molecule has 0 atom stereocenters. The molecule has 0 aliphatic heterocycles.